The maximum absolute atomic E-state index is 11.8. The van der Waals surface area contributed by atoms with Crippen molar-refractivity contribution in [2.45, 2.75) is 12.8 Å². The van der Waals surface area contributed by atoms with Gasteiger partial charge in [-0.05, 0) is 44.8 Å². The Morgan fingerprint density at radius 2 is 2.10 bits per heavy atom. The van der Waals surface area contributed by atoms with Crippen LogP contribution >= 0.6 is 43.5 Å². The van der Waals surface area contributed by atoms with E-state index in [1.54, 1.807) is 13.1 Å². The molecule has 5 nitrogen and oxygen atoms in total. The van der Waals surface area contributed by atoms with Crippen LogP contribution in [0.4, 0.5) is 0 Å². The summed E-state index contributed by atoms with van der Waals surface area (Å²) >= 11 is 12.6. The molecule has 0 aliphatic heterocycles. The fourth-order valence-corrected chi connectivity index (χ4v) is 2.96. The maximum atomic E-state index is 11.8. The first-order valence-electron chi connectivity index (χ1n) is 5.97. The molecule has 2 aromatic rings. The van der Waals surface area contributed by atoms with Gasteiger partial charge in [0, 0.05) is 21.3 Å². The highest BCUT2D eigenvalue weighted by Crippen LogP contribution is 2.26. The van der Waals surface area contributed by atoms with Gasteiger partial charge in [-0.2, -0.15) is 0 Å². The Labute approximate surface area is 143 Å². The van der Waals surface area contributed by atoms with Gasteiger partial charge in [0.1, 0.15) is 11.3 Å². The summed E-state index contributed by atoms with van der Waals surface area (Å²) in [6.07, 6.45) is 3.05. The van der Waals surface area contributed by atoms with Crippen LogP contribution in [-0.4, -0.2) is 27.5 Å². The topological polar surface area (TPSA) is 65.0 Å². The summed E-state index contributed by atoms with van der Waals surface area (Å²) in [5, 5.41) is 0. The molecule has 110 valence electrons. The van der Waals surface area contributed by atoms with Crippen LogP contribution in [-0.2, 0) is 10.6 Å². The van der Waals surface area contributed by atoms with Crippen molar-refractivity contribution in [2.24, 2.45) is 0 Å². The van der Waals surface area contributed by atoms with E-state index in [4.69, 9.17) is 16.3 Å². The average molecular weight is 436 g/mol. The number of carbonyl (C=O) groups is 1. The fraction of sp³-hybridized carbons (Fsp3) is 0.231. The molecule has 0 saturated heterocycles. The lowest BCUT2D eigenvalue weighted by atomic mass is 10.2. The molecule has 0 aliphatic carbocycles. The SMILES string of the molecule is CCOC(=O)c1cnc(-c2ncc(Br)cc2Br)nc1CCl. The molecular formula is C13H10Br2ClN3O2. The minimum atomic E-state index is -0.484. The molecule has 0 amide bonds. The molecule has 21 heavy (non-hydrogen) atoms. The lowest BCUT2D eigenvalue weighted by Crippen LogP contribution is -2.11. The minimum absolute atomic E-state index is 0.0812. The molecule has 0 saturated carbocycles. The predicted molar refractivity (Wildman–Crippen MR) is 86.2 cm³/mol. The number of nitrogens with zero attached hydrogens (tertiary/aromatic N) is 3. The van der Waals surface area contributed by atoms with Crippen LogP contribution < -0.4 is 0 Å². The van der Waals surface area contributed by atoms with Crippen molar-refractivity contribution in [1.82, 2.24) is 15.0 Å². The third-order valence-corrected chi connectivity index (χ3v) is 3.80. The molecule has 2 rings (SSSR count). The maximum Gasteiger partial charge on any atom is 0.341 e. The van der Waals surface area contributed by atoms with Crippen molar-refractivity contribution in [3.63, 3.8) is 0 Å². The van der Waals surface area contributed by atoms with Gasteiger partial charge in [0.15, 0.2) is 5.82 Å². The summed E-state index contributed by atoms with van der Waals surface area (Å²) in [5.74, 6) is -0.0155. The molecule has 0 unspecified atom stereocenters. The monoisotopic (exact) mass is 433 g/mol. The summed E-state index contributed by atoms with van der Waals surface area (Å²) < 4.78 is 6.52. The van der Waals surface area contributed by atoms with Gasteiger partial charge in [-0.1, -0.05) is 0 Å². The standard InChI is InChI=1S/C13H10Br2ClN3O2/c1-2-21-13(20)8-6-18-12(19-10(8)4-16)11-9(15)3-7(14)5-17-11/h3,5-6H,2,4H2,1H3. The molecule has 0 atom stereocenters. The normalized spacial score (nSPS) is 10.5. The number of aromatic nitrogens is 3. The van der Waals surface area contributed by atoms with E-state index < -0.39 is 5.97 Å². The Bertz CT molecular complexity index is 682. The van der Waals surface area contributed by atoms with Crippen LogP contribution in [0, 0.1) is 0 Å². The van der Waals surface area contributed by atoms with Gasteiger partial charge in [-0.25, -0.2) is 14.8 Å². The quantitative estimate of drug-likeness (QED) is 0.537. The first-order chi connectivity index (χ1) is 10.1. The number of carbonyl (C=O) groups excluding carboxylic acids is 1. The molecule has 2 aromatic heterocycles. The van der Waals surface area contributed by atoms with Crippen molar-refractivity contribution in [1.29, 1.82) is 0 Å². The van der Waals surface area contributed by atoms with E-state index in [1.807, 2.05) is 6.07 Å². The minimum Gasteiger partial charge on any atom is -0.462 e. The van der Waals surface area contributed by atoms with Crippen molar-refractivity contribution >= 4 is 49.4 Å². The summed E-state index contributed by atoms with van der Waals surface area (Å²) in [6.45, 7) is 2.01. The summed E-state index contributed by atoms with van der Waals surface area (Å²) in [7, 11) is 0. The molecule has 0 spiro atoms. The highest BCUT2D eigenvalue weighted by atomic mass is 79.9. The summed E-state index contributed by atoms with van der Waals surface area (Å²) in [4.78, 5) is 24.5. The molecular weight excluding hydrogens is 425 g/mol. The third kappa shape index (κ3) is 3.78. The predicted octanol–water partition coefficient (Wildman–Crippen LogP) is 3.98. The van der Waals surface area contributed by atoms with Crippen LogP contribution in [0.15, 0.2) is 27.4 Å². The smallest absolute Gasteiger partial charge is 0.341 e. The molecule has 0 radical (unpaired) electrons. The fourth-order valence-electron chi connectivity index (χ4n) is 1.59. The zero-order valence-corrected chi connectivity index (χ0v) is 14.9. The van der Waals surface area contributed by atoms with Gasteiger partial charge < -0.3 is 4.74 Å². The van der Waals surface area contributed by atoms with Crippen molar-refractivity contribution in [3.8, 4) is 11.5 Å². The number of pyridine rings is 1. The lowest BCUT2D eigenvalue weighted by Gasteiger charge is -2.08. The van der Waals surface area contributed by atoms with Crippen molar-refractivity contribution in [2.75, 3.05) is 6.61 Å². The Morgan fingerprint density at radius 1 is 1.33 bits per heavy atom. The second-order valence-electron chi connectivity index (χ2n) is 3.89. The van der Waals surface area contributed by atoms with Crippen molar-refractivity contribution < 1.29 is 9.53 Å². The molecule has 8 heteroatoms. The van der Waals surface area contributed by atoms with E-state index in [0.29, 0.717) is 17.2 Å². The van der Waals surface area contributed by atoms with Gasteiger partial charge in [0.05, 0.1) is 18.2 Å². The van der Waals surface area contributed by atoms with Gasteiger partial charge in [0.25, 0.3) is 0 Å². The first kappa shape index (κ1) is 16.3. The van der Waals surface area contributed by atoms with Crippen LogP contribution in [0.25, 0.3) is 11.5 Å². The van der Waals surface area contributed by atoms with Crippen LogP contribution in [0.3, 0.4) is 0 Å². The Kier molecular flexibility index (Phi) is 5.66. The number of hydrogen-bond acceptors (Lipinski definition) is 5. The Balaban J connectivity index is 2.45. The second kappa shape index (κ2) is 7.29. The molecule has 0 N–H and O–H groups in total. The number of hydrogen-bond donors (Lipinski definition) is 0. The van der Waals surface area contributed by atoms with E-state index in [2.05, 4.69) is 46.8 Å². The lowest BCUT2D eigenvalue weighted by molar-refractivity contribution is 0.0524. The number of ether oxygens (including phenoxy) is 1. The van der Waals surface area contributed by atoms with Gasteiger partial charge in [-0.3, -0.25) is 4.98 Å². The number of esters is 1. The number of alkyl halides is 1. The van der Waals surface area contributed by atoms with E-state index in [1.165, 1.54) is 6.20 Å². The van der Waals surface area contributed by atoms with Crippen molar-refractivity contribution in [3.05, 3.63) is 38.7 Å². The van der Waals surface area contributed by atoms with Crippen LogP contribution in [0.5, 0.6) is 0 Å². The van der Waals surface area contributed by atoms with E-state index >= 15 is 0 Å². The highest BCUT2D eigenvalue weighted by molar-refractivity contribution is 9.11. The zero-order valence-electron chi connectivity index (χ0n) is 10.9. The molecule has 0 bridgehead atoms. The summed E-state index contributed by atoms with van der Waals surface area (Å²) in [5.41, 5.74) is 1.25. The van der Waals surface area contributed by atoms with Crippen LogP contribution in [0.2, 0.25) is 0 Å². The number of halogens is 3. The first-order valence-corrected chi connectivity index (χ1v) is 8.09. The van der Waals surface area contributed by atoms with Crippen LogP contribution in [0.1, 0.15) is 23.0 Å². The Morgan fingerprint density at radius 3 is 2.71 bits per heavy atom. The molecule has 0 aromatic carbocycles. The highest BCUT2D eigenvalue weighted by Gasteiger charge is 2.17. The molecule has 0 fully saturated rings. The molecule has 2 heterocycles. The average Bonchev–Trinajstić information content (AvgIpc) is 2.47. The largest absolute Gasteiger partial charge is 0.462 e. The summed E-state index contributed by atoms with van der Waals surface area (Å²) in [6, 6.07) is 1.84. The van der Waals surface area contributed by atoms with Gasteiger partial charge >= 0.3 is 5.97 Å². The zero-order chi connectivity index (χ0) is 15.4. The Hall–Kier alpha value is -1.05. The third-order valence-electron chi connectivity index (χ3n) is 2.51. The second-order valence-corrected chi connectivity index (χ2v) is 5.93. The van der Waals surface area contributed by atoms with Gasteiger partial charge in [0.2, 0.25) is 0 Å². The number of rotatable bonds is 4. The van der Waals surface area contributed by atoms with Gasteiger partial charge in [-0.15, -0.1) is 11.6 Å². The van der Waals surface area contributed by atoms with E-state index in [9.17, 15) is 4.79 Å². The molecule has 0 aliphatic rings. The van der Waals surface area contributed by atoms with E-state index in [0.717, 1.165) is 8.95 Å². The van der Waals surface area contributed by atoms with E-state index in [-0.39, 0.29) is 18.1 Å².